The minimum absolute atomic E-state index is 0.0252. The third-order valence-corrected chi connectivity index (χ3v) is 5.63. The normalized spacial score (nSPS) is 26.7. The van der Waals surface area contributed by atoms with Gasteiger partial charge in [0.05, 0.1) is 25.0 Å². The van der Waals surface area contributed by atoms with Gasteiger partial charge in [0.2, 0.25) is 0 Å². The SMILES string of the molecule is C=CC[C@H]1C[C@]2(C(C)Cc3ccc(OC)c(N)c3)OCCC2=CC1=O. The number of fused-ring (bicyclic) bond motifs is 1. The molecule has 0 radical (unpaired) electrons. The molecule has 1 fully saturated rings. The summed E-state index contributed by atoms with van der Waals surface area (Å²) in [7, 11) is 1.62. The maximum atomic E-state index is 12.4. The van der Waals surface area contributed by atoms with Gasteiger partial charge in [-0.2, -0.15) is 0 Å². The van der Waals surface area contributed by atoms with E-state index in [-0.39, 0.29) is 23.2 Å². The zero-order valence-corrected chi connectivity index (χ0v) is 15.1. The quantitative estimate of drug-likeness (QED) is 0.633. The number of nitrogens with two attached hydrogens (primary N) is 1. The second-order valence-electron chi connectivity index (χ2n) is 7.17. The highest BCUT2D eigenvalue weighted by Gasteiger charge is 2.49. The van der Waals surface area contributed by atoms with Gasteiger partial charge in [0.15, 0.2) is 5.78 Å². The van der Waals surface area contributed by atoms with E-state index in [9.17, 15) is 4.79 Å². The molecule has 0 saturated carbocycles. The fourth-order valence-electron chi connectivity index (χ4n) is 4.28. The van der Waals surface area contributed by atoms with Crippen LogP contribution in [0, 0.1) is 11.8 Å². The van der Waals surface area contributed by atoms with Crippen molar-refractivity contribution in [1.29, 1.82) is 0 Å². The minimum atomic E-state index is -0.337. The lowest BCUT2D eigenvalue weighted by Gasteiger charge is -2.41. The molecular formula is C21H27NO3. The number of ketones is 1. The molecule has 2 aliphatic rings. The van der Waals surface area contributed by atoms with E-state index >= 15 is 0 Å². The molecule has 1 heterocycles. The zero-order valence-electron chi connectivity index (χ0n) is 15.1. The Balaban J connectivity index is 1.85. The molecule has 0 aromatic heterocycles. The number of hydrogen-bond donors (Lipinski definition) is 1. The second-order valence-corrected chi connectivity index (χ2v) is 7.17. The first-order valence-corrected chi connectivity index (χ1v) is 8.92. The Morgan fingerprint density at radius 1 is 1.52 bits per heavy atom. The van der Waals surface area contributed by atoms with Gasteiger partial charge in [-0.25, -0.2) is 0 Å². The van der Waals surface area contributed by atoms with Crippen LogP contribution in [0.25, 0.3) is 0 Å². The van der Waals surface area contributed by atoms with Gasteiger partial charge in [0, 0.05) is 5.92 Å². The lowest BCUT2D eigenvalue weighted by atomic mass is 9.68. The molecular weight excluding hydrogens is 314 g/mol. The van der Waals surface area contributed by atoms with E-state index in [0.717, 1.165) is 30.4 Å². The lowest BCUT2D eigenvalue weighted by Crippen LogP contribution is -2.44. The lowest BCUT2D eigenvalue weighted by molar-refractivity contribution is -0.123. The van der Waals surface area contributed by atoms with Crippen LogP contribution < -0.4 is 10.5 Å². The Morgan fingerprint density at radius 3 is 3.00 bits per heavy atom. The number of ether oxygens (including phenoxy) is 2. The molecule has 1 saturated heterocycles. The summed E-state index contributed by atoms with van der Waals surface area (Å²) in [6, 6.07) is 5.93. The molecule has 1 aliphatic heterocycles. The van der Waals surface area contributed by atoms with Gasteiger partial charge in [0.25, 0.3) is 0 Å². The number of methoxy groups -OCH3 is 1. The Hall–Kier alpha value is -2.07. The molecule has 3 atom stereocenters. The smallest absolute Gasteiger partial charge is 0.159 e. The van der Waals surface area contributed by atoms with E-state index in [4.69, 9.17) is 15.2 Å². The van der Waals surface area contributed by atoms with Crippen LogP contribution in [0.3, 0.4) is 0 Å². The van der Waals surface area contributed by atoms with Crippen LogP contribution in [-0.4, -0.2) is 25.1 Å². The highest BCUT2D eigenvalue weighted by molar-refractivity contribution is 5.94. The predicted octanol–water partition coefficient (Wildman–Crippen LogP) is 3.71. The van der Waals surface area contributed by atoms with Crippen molar-refractivity contribution < 1.29 is 14.3 Å². The molecule has 134 valence electrons. The summed E-state index contributed by atoms with van der Waals surface area (Å²) in [5.41, 5.74) is 8.68. The number of anilines is 1. The van der Waals surface area contributed by atoms with Crippen molar-refractivity contribution in [2.24, 2.45) is 11.8 Å². The number of carbonyl (C=O) groups is 1. The number of rotatable bonds is 6. The van der Waals surface area contributed by atoms with Crippen molar-refractivity contribution in [2.75, 3.05) is 19.5 Å². The molecule has 1 unspecified atom stereocenters. The number of hydrogen-bond acceptors (Lipinski definition) is 4. The van der Waals surface area contributed by atoms with Crippen molar-refractivity contribution in [1.82, 2.24) is 0 Å². The Kier molecular flexibility index (Phi) is 5.00. The number of nitrogen functional groups attached to an aromatic ring is 1. The second kappa shape index (κ2) is 7.04. The molecule has 1 aromatic rings. The Labute approximate surface area is 149 Å². The van der Waals surface area contributed by atoms with Crippen molar-refractivity contribution in [2.45, 2.75) is 38.2 Å². The zero-order chi connectivity index (χ0) is 18.0. The highest BCUT2D eigenvalue weighted by atomic mass is 16.5. The van der Waals surface area contributed by atoms with Gasteiger partial charge in [-0.3, -0.25) is 4.79 Å². The summed E-state index contributed by atoms with van der Waals surface area (Å²) in [4.78, 5) is 12.4. The number of benzene rings is 1. The van der Waals surface area contributed by atoms with Crippen molar-refractivity contribution in [3.05, 3.63) is 48.1 Å². The van der Waals surface area contributed by atoms with Crippen LogP contribution in [0.1, 0.15) is 31.7 Å². The number of carbonyl (C=O) groups excluding carboxylic acids is 1. The van der Waals surface area contributed by atoms with Crippen LogP contribution in [0.15, 0.2) is 42.5 Å². The third kappa shape index (κ3) is 3.23. The summed E-state index contributed by atoms with van der Waals surface area (Å²) in [6.07, 6.45) is 6.82. The Morgan fingerprint density at radius 2 is 2.32 bits per heavy atom. The first-order chi connectivity index (χ1) is 12.0. The summed E-state index contributed by atoms with van der Waals surface area (Å²) in [5.74, 6) is 1.15. The van der Waals surface area contributed by atoms with Gasteiger partial charge in [0.1, 0.15) is 5.75 Å². The highest BCUT2D eigenvalue weighted by Crippen LogP contribution is 2.47. The Bertz CT molecular complexity index is 709. The predicted molar refractivity (Wildman–Crippen MR) is 99.6 cm³/mol. The van der Waals surface area contributed by atoms with Crippen LogP contribution in [-0.2, 0) is 16.0 Å². The summed E-state index contributed by atoms with van der Waals surface area (Å²) in [6.45, 7) is 6.69. The average Bonchev–Trinajstić information content (AvgIpc) is 2.99. The molecule has 0 bridgehead atoms. The standard InChI is InChI=1S/C21H27NO3/c1-4-5-16-13-21(17(8-9-25-21)12-19(16)23)14(2)10-15-6-7-20(24-3)18(22)11-15/h4,6-7,11-12,14,16H,1,5,8-10,13,22H2,2-3H3/t14?,16-,21+/m0/s1. The van der Waals surface area contributed by atoms with Gasteiger partial charge < -0.3 is 15.2 Å². The van der Waals surface area contributed by atoms with Crippen LogP contribution in [0.5, 0.6) is 5.75 Å². The first kappa shape index (κ1) is 17.7. The molecule has 2 N–H and O–H groups in total. The summed E-state index contributed by atoms with van der Waals surface area (Å²) in [5, 5.41) is 0. The van der Waals surface area contributed by atoms with E-state index < -0.39 is 0 Å². The van der Waals surface area contributed by atoms with Gasteiger partial charge >= 0.3 is 0 Å². The average molecular weight is 341 g/mol. The fraction of sp³-hybridized carbons (Fsp3) is 0.476. The molecule has 0 amide bonds. The van der Waals surface area contributed by atoms with Crippen molar-refractivity contribution in [3.8, 4) is 5.75 Å². The minimum Gasteiger partial charge on any atom is -0.495 e. The molecule has 4 nitrogen and oxygen atoms in total. The van der Waals surface area contributed by atoms with E-state index in [2.05, 4.69) is 19.6 Å². The van der Waals surface area contributed by atoms with Crippen LogP contribution in [0.4, 0.5) is 5.69 Å². The van der Waals surface area contributed by atoms with Crippen molar-refractivity contribution in [3.63, 3.8) is 0 Å². The van der Waals surface area contributed by atoms with Crippen LogP contribution in [0.2, 0.25) is 0 Å². The monoisotopic (exact) mass is 341 g/mol. The molecule has 1 aliphatic carbocycles. The molecule has 1 aromatic carbocycles. The van der Waals surface area contributed by atoms with Gasteiger partial charge in [-0.05, 0) is 60.9 Å². The molecule has 0 spiro atoms. The topological polar surface area (TPSA) is 61.6 Å². The molecule has 4 heteroatoms. The molecule has 3 rings (SSSR count). The largest absolute Gasteiger partial charge is 0.495 e. The van der Waals surface area contributed by atoms with E-state index in [0.29, 0.717) is 24.5 Å². The maximum Gasteiger partial charge on any atom is 0.159 e. The van der Waals surface area contributed by atoms with Crippen molar-refractivity contribution >= 4 is 11.5 Å². The fourth-order valence-corrected chi connectivity index (χ4v) is 4.28. The maximum absolute atomic E-state index is 12.4. The first-order valence-electron chi connectivity index (χ1n) is 8.92. The van der Waals surface area contributed by atoms with Gasteiger partial charge in [-0.15, -0.1) is 6.58 Å². The van der Waals surface area contributed by atoms with E-state index in [1.54, 1.807) is 7.11 Å². The third-order valence-electron chi connectivity index (χ3n) is 5.63. The van der Waals surface area contributed by atoms with E-state index in [1.165, 1.54) is 0 Å². The summed E-state index contributed by atoms with van der Waals surface area (Å²) >= 11 is 0. The van der Waals surface area contributed by atoms with E-state index in [1.807, 2.05) is 24.3 Å². The van der Waals surface area contributed by atoms with Gasteiger partial charge in [-0.1, -0.05) is 19.1 Å². The van der Waals surface area contributed by atoms with Crippen LogP contribution >= 0.6 is 0 Å². The number of allylic oxidation sites excluding steroid dienone is 2. The summed E-state index contributed by atoms with van der Waals surface area (Å²) < 4.78 is 11.5. The molecule has 25 heavy (non-hydrogen) atoms.